The molecule has 26 heavy (non-hydrogen) atoms. The highest BCUT2D eigenvalue weighted by Crippen LogP contribution is 2.17. The molecule has 0 aromatic heterocycles. The fraction of sp³-hybridized carbons (Fsp3) is 0.500. The SMILES string of the molecule is COC(=O)c1cccc(NC(=O)N2CCN(C(=O)C3CCCO3)CC2)c1. The van der Waals surface area contributed by atoms with E-state index in [1.165, 1.54) is 7.11 Å². The van der Waals surface area contributed by atoms with Gasteiger partial charge in [0, 0.05) is 38.5 Å². The average Bonchev–Trinajstić information content (AvgIpc) is 3.22. The molecule has 1 aromatic carbocycles. The molecule has 0 spiro atoms. The third kappa shape index (κ3) is 4.13. The van der Waals surface area contributed by atoms with Gasteiger partial charge in [0.1, 0.15) is 6.10 Å². The maximum absolute atomic E-state index is 12.4. The van der Waals surface area contributed by atoms with E-state index in [0.717, 1.165) is 12.8 Å². The van der Waals surface area contributed by atoms with E-state index in [1.54, 1.807) is 34.1 Å². The van der Waals surface area contributed by atoms with Crippen molar-refractivity contribution in [2.24, 2.45) is 0 Å². The second-order valence-electron chi connectivity index (χ2n) is 6.32. The van der Waals surface area contributed by atoms with Crippen LogP contribution >= 0.6 is 0 Å². The normalized spacial score (nSPS) is 20.0. The number of nitrogens with one attached hydrogen (secondary N) is 1. The molecule has 2 saturated heterocycles. The predicted molar refractivity (Wildman–Crippen MR) is 93.9 cm³/mol. The van der Waals surface area contributed by atoms with Crippen LogP contribution in [0.15, 0.2) is 24.3 Å². The standard InChI is InChI=1S/C18H23N3O5/c1-25-17(23)13-4-2-5-14(12-13)19-18(24)21-9-7-20(8-10-21)16(22)15-6-3-11-26-15/h2,4-5,12,15H,3,6-11H2,1H3,(H,19,24). The van der Waals surface area contributed by atoms with Crippen LogP contribution in [0.5, 0.6) is 0 Å². The van der Waals surface area contributed by atoms with Gasteiger partial charge in [0.05, 0.1) is 12.7 Å². The number of urea groups is 1. The van der Waals surface area contributed by atoms with E-state index in [0.29, 0.717) is 44.0 Å². The number of hydrogen-bond donors (Lipinski definition) is 1. The lowest BCUT2D eigenvalue weighted by molar-refractivity contribution is -0.142. The molecule has 0 aliphatic carbocycles. The minimum atomic E-state index is -0.456. The van der Waals surface area contributed by atoms with Crippen molar-refractivity contribution in [1.82, 2.24) is 9.80 Å². The van der Waals surface area contributed by atoms with Gasteiger partial charge in [-0.05, 0) is 31.0 Å². The van der Waals surface area contributed by atoms with Crippen LogP contribution in [0.25, 0.3) is 0 Å². The molecule has 3 amide bonds. The predicted octanol–water partition coefficient (Wildman–Crippen LogP) is 1.33. The highest BCUT2D eigenvalue weighted by atomic mass is 16.5. The number of amides is 3. The van der Waals surface area contributed by atoms with Crippen molar-refractivity contribution >= 4 is 23.6 Å². The van der Waals surface area contributed by atoms with Crippen LogP contribution in [-0.2, 0) is 14.3 Å². The number of rotatable bonds is 3. The summed E-state index contributed by atoms with van der Waals surface area (Å²) in [6.07, 6.45) is 1.37. The first-order valence-electron chi connectivity index (χ1n) is 8.73. The molecule has 1 aromatic rings. The molecule has 2 aliphatic rings. The Bertz CT molecular complexity index is 679. The molecule has 140 valence electrons. The summed E-state index contributed by atoms with van der Waals surface area (Å²) in [6, 6.07) is 6.33. The summed E-state index contributed by atoms with van der Waals surface area (Å²) in [7, 11) is 1.31. The number of anilines is 1. The second-order valence-corrected chi connectivity index (χ2v) is 6.32. The number of hydrogen-bond acceptors (Lipinski definition) is 5. The lowest BCUT2D eigenvalue weighted by Gasteiger charge is -2.35. The summed E-state index contributed by atoms with van der Waals surface area (Å²) < 4.78 is 10.1. The monoisotopic (exact) mass is 361 g/mol. The van der Waals surface area contributed by atoms with Crippen molar-refractivity contribution in [3.63, 3.8) is 0 Å². The second kappa shape index (κ2) is 8.18. The molecule has 0 bridgehead atoms. The lowest BCUT2D eigenvalue weighted by Crippen LogP contribution is -2.53. The fourth-order valence-electron chi connectivity index (χ4n) is 3.15. The van der Waals surface area contributed by atoms with Gasteiger partial charge in [-0.1, -0.05) is 6.07 Å². The molecule has 0 radical (unpaired) electrons. The Labute approximate surface area is 152 Å². The van der Waals surface area contributed by atoms with E-state index < -0.39 is 5.97 Å². The summed E-state index contributed by atoms with van der Waals surface area (Å²) in [4.78, 5) is 39.7. The number of benzene rings is 1. The van der Waals surface area contributed by atoms with E-state index in [-0.39, 0.29) is 18.0 Å². The molecule has 1 unspecified atom stereocenters. The van der Waals surface area contributed by atoms with Gasteiger partial charge < -0.3 is 24.6 Å². The first-order chi connectivity index (χ1) is 12.6. The van der Waals surface area contributed by atoms with Gasteiger partial charge in [-0.15, -0.1) is 0 Å². The molecule has 8 nitrogen and oxygen atoms in total. The maximum atomic E-state index is 12.4. The molecule has 2 fully saturated rings. The average molecular weight is 361 g/mol. The zero-order chi connectivity index (χ0) is 18.5. The van der Waals surface area contributed by atoms with Crippen LogP contribution < -0.4 is 5.32 Å². The fourth-order valence-corrected chi connectivity index (χ4v) is 3.15. The van der Waals surface area contributed by atoms with Gasteiger partial charge in [-0.2, -0.15) is 0 Å². The summed E-state index contributed by atoms with van der Waals surface area (Å²) >= 11 is 0. The molecule has 1 atom stereocenters. The summed E-state index contributed by atoms with van der Waals surface area (Å²) in [5.41, 5.74) is 0.896. The topological polar surface area (TPSA) is 88.2 Å². The van der Waals surface area contributed by atoms with Crippen molar-refractivity contribution in [3.05, 3.63) is 29.8 Å². The minimum Gasteiger partial charge on any atom is -0.465 e. The van der Waals surface area contributed by atoms with Crippen LogP contribution in [-0.4, -0.2) is 73.7 Å². The van der Waals surface area contributed by atoms with Crippen LogP contribution in [0.4, 0.5) is 10.5 Å². The van der Waals surface area contributed by atoms with Crippen LogP contribution in [0, 0.1) is 0 Å². The number of methoxy groups -OCH3 is 1. The Kier molecular flexibility index (Phi) is 5.72. The van der Waals surface area contributed by atoms with E-state index in [4.69, 9.17) is 4.74 Å². The van der Waals surface area contributed by atoms with E-state index in [2.05, 4.69) is 10.1 Å². The largest absolute Gasteiger partial charge is 0.465 e. The Morgan fingerprint density at radius 2 is 1.88 bits per heavy atom. The van der Waals surface area contributed by atoms with Crippen LogP contribution in [0.1, 0.15) is 23.2 Å². The molecule has 2 aliphatic heterocycles. The van der Waals surface area contributed by atoms with E-state index in [1.807, 2.05) is 0 Å². The number of ether oxygens (including phenoxy) is 2. The summed E-state index contributed by atoms with van der Waals surface area (Å²) in [5.74, 6) is -0.435. The van der Waals surface area contributed by atoms with Crippen molar-refractivity contribution in [3.8, 4) is 0 Å². The Morgan fingerprint density at radius 3 is 2.54 bits per heavy atom. The van der Waals surface area contributed by atoms with Crippen molar-refractivity contribution in [1.29, 1.82) is 0 Å². The number of nitrogens with zero attached hydrogens (tertiary/aromatic N) is 2. The molecule has 0 saturated carbocycles. The molecular formula is C18H23N3O5. The van der Waals surface area contributed by atoms with Crippen LogP contribution in [0.3, 0.4) is 0 Å². The number of carbonyl (C=O) groups excluding carboxylic acids is 3. The smallest absolute Gasteiger partial charge is 0.337 e. The van der Waals surface area contributed by atoms with Crippen molar-refractivity contribution in [2.75, 3.05) is 45.2 Å². The number of carbonyl (C=O) groups is 3. The molecular weight excluding hydrogens is 338 g/mol. The third-order valence-electron chi connectivity index (χ3n) is 4.62. The Hall–Kier alpha value is -2.61. The lowest BCUT2D eigenvalue weighted by atomic mass is 10.2. The molecule has 2 heterocycles. The quantitative estimate of drug-likeness (QED) is 0.821. The molecule has 3 rings (SSSR count). The van der Waals surface area contributed by atoms with Crippen molar-refractivity contribution < 1.29 is 23.9 Å². The van der Waals surface area contributed by atoms with Gasteiger partial charge >= 0.3 is 12.0 Å². The zero-order valence-electron chi connectivity index (χ0n) is 14.8. The van der Waals surface area contributed by atoms with E-state index >= 15 is 0 Å². The Balaban J connectivity index is 1.52. The van der Waals surface area contributed by atoms with Gasteiger partial charge in [0.25, 0.3) is 5.91 Å². The van der Waals surface area contributed by atoms with Gasteiger partial charge in [-0.3, -0.25) is 4.79 Å². The highest BCUT2D eigenvalue weighted by Gasteiger charge is 2.31. The van der Waals surface area contributed by atoms with E-state index in [9.17, 15) is 14.4 Å². The van der Waals surface area contributed by atoms with Gasteiger partial charge in [-0.25, -0.2) is 9.59 Å². The zero-order valence-corrected chi connectivity index (χ0v) is 14.8. The van der Waals surface area contributed by atoms with Crippen LogP contribution in [0.2, 0.25) is 0 Å². The van der Waals surface area contributed by atoms with Crippen molar-refractivity contribution in [2.45, 2.75) is 18.9 Å². The van der Waals surface area contributed by atoms with Gasteiger partial charge in [0.2, 0.25) is 0 Å². The molecule has 8 heteroatoms. The highest BCUT2D eigenvalue weighted by molar-refractivity contribution is 5.94. The summed E-state index contributed by atoms with van der Waals surface area (Å²) in [5, 5.41) is 2.78. The Morgan fingerprint density at radius 1 is 1.15 bits per heavy atom. The number of esters is 1. The first kappa shape index (κ1) is 18.2. The molecule has 1 N–H and O–H groups in total. The maximum Gasteiger partial charge on any atom is 0.337 e. The van der Waals surface area contributed by atoms with Gasteiger partial charge in [0.15, 0.2) is 0 Å². The first-order valence-corrected chi connectivity index (χ1v) is 8.73. The third-order valence-corrected chi connectivity index (χ3v) is 4.62. The minimum absolute atomic E-state index is 0.0216. The number of piperazine rings is 1. The summed E-state index contributed by atoms with van der Waals surface area (Å²) in [6.45, 7) is 2.55.